The Kier molecular flexibility index (Phi) is 2.86. The van der Waals surface area contributed by atoms with Crippen LogP contribution in [0, 0.1) is 5.41 Å². The average molecular weight is 286 g/mol. The zero-order valence-corrected chi connectivity index (χ0v) is 11.4. The number of benzene rings is 2. The van der Waals surface area contributed by atoms with E-state index in [9.17, 15) is 19.8 Å². The molecule has 108 valence electrons. The van der Waals surface area contributed by atoms with Crippen LogP contribution in [-0.4, -0.2) is 29.3 Å². The van der Waals surface area contributed by atoms with Gasteiger partial charge in [-0.25, -0.2) is 0 Å². The molecule has 0 saturated carbocycles. The van der Waals surface area contributed by atoms with Crippen LogP contribution < -0.4 is 4.74 Å². The summed E-state index contributed by atoms with van der Waals surface area (Å²) in [5.74, 6) is -2.10. The SMILES string of the molecule is COc1ccc2cccc3c2c1CC(C(=O)O)(C(=O)O)C3. The maximum atomic E-state index is 11.6. The Balaban J connectivity index is 2.33. The van der Waals surface area contributed by atoms with Gasteiger partial charge in [0.2, 0.25) is 0 Å². The molecular formula is C16H14O5. The van der Waals surface area contributed by atoms with Gasteiger partial charge < -0.3 is 14.9 Å². The first-order valence-corrected chi connectivity index (χ1v) is 6.54. The lowest BCUT2D eigenvalue weighted by atomic mass is 9.70. The van der Waals surface area contributed by atoms with E-state index in [4.69, 9.17) is 4.74 Å². The van der Waals surface area contributed by atoms with Crippen LogP contribution in [0.1, 0.15) is 11.1 Å². The van der Waals surface area contributed by atoms with E-state index in [1.807, 2.05) is 18.2 Å². The fourth-order valence-corrected chi connectivity index (χ4v) is 3.11. The maximum Gasteiger partial charge on any atom is 0.321 e. The predicted molar refractivity (Wildman–Crippen MR) is 75.6 cm³/mol. The maximum absolute atomic E-state index is 11.6. The fourth-order valence-electron chi connectivity index (χ4n) is 3.11. The predicted octanol–water partition coefficient (Wildman–Crippen LogP) is 2.10. The standard InChI is InChI=1S/C16H14O5/c1-21-12-6-5-9-3-2-4-10-7-16(14(17)18,15(19)20)8-11(12)13(9)10/h2-6H,7-8H2,1H3,(H,17,18)(H,19,20). The third-order valence-corrected chi connectivity index (χ3v) is 4.21. The van der Waals surface area contributed by atoms with Gasteiger partial charge >= 0.3 is 11.9 Å². The highest BCUT2D eigenvalue weighted by atomic mass is 16.5. The lowest BCUT2D eigenvalue weighted by Gasteiger charge is -2.31. The lowest BCUT2D eigenvalue weighted by Crippen LogP contribution is -2.45. The van der Waals surface area contributed by atoms with Crippen molar-refractivity contribution in [3.05, 3.63) is 41.5 Å². The van der Waals surface area contributed by atoms with Gasteiger partial charge in [0.15, 0.2) is 5.41 Å². The van der Waals surface area contributed by atoms with Crippen LogP contribution in [0.2, 0.25) is 0 Å². The molecule has 21 heavy (non-hydrogen) atoms. The highest BCUT2D eigenvalue weighted by Crippen LogP contribution is 2.43. The van der Waals surface area contributed by atoms with Crippen LogP contribution in [0.3, 0.4) is 0 Å². The quantitative estimate of drug-likeness (QED) is 0.844. The Morgan fingerprint density at radius 2 is 1.81 bits per heavy atom. The molecule has 0 atom stereocenters. The van der Waals surface area contributed by atoms with Gasteiger partial charge in [-0.2, -0.15) is 0 Å². The topological polar surface area (TPSA) is 83.8 Å². The van der Waals surface area contributed by atoms with E-state index in [1.165, 1.54) is 7.11 Å². The lowest BCUT2D eigenvalue weighted by molar-refractivity contribution is -0.164. The second kappa shape index (κ2) is 4.48. The molecule has 2 aromatic rings. The number of aliphatic carboxylic acids is 2. The Hall–Kier alpha value is -2.56. The molecule has 2 aromatic carbocycles. The van der Waals surface area contributed by atoms with Crippen LogP contribution in [-0.2, 0) is 22.4 Å². The van der Waals surface area contributed by atoms with Crippen molar-refractivity contribution in [2.75, 3.05) is 7.11 Å². The van der Waals surface area contributed by atoms with Gasteiger partial charge in [0.25, 0.3) is 0 Å². The van der Waals surface area contributed by atoms with Crippen molar-refractivity contribution < 1.29 is 24.5 Å². The van der Waals surface area contributed by atoms with Crippen LogP contribution in [0.25, 0.3) is 10.8 Å². The fraction of sp³-hybridized carbons (Fsp3) is 0.250. The summed E-state index contributed by atoms with van der Waals surface area (Å²) < 4.78 is 5.30. The van der Waals surface area contributed by atoms with Gasteiger partial charge in [0.05, 0.1) is 7.11 Å². The molecule has 3 rings (SSSR count). The molecule has 0 fully saturated rings. The molecule has 5 heteroatoms. The molecule has 0 radical (unpaired) electrons. The van der Waals surface area contributed by atoms with E-state index in [0.29, 0.717) is 11.3 Å². The molecule has 5 nitrogen and oxygen atoms in total. The Labute approximate surface area is 120 Å². The monoisotopic (exact) mass is 286 g/mol. The van der Waals surface area contributed by atoms with Crippen molar-refractivity contribution in [2.24, 2.45) is 5.41 Å². The molecule has 0 unspecified atom stereocenters. The van der Waals surface area contributed by atoms with E-state index in [0.717, 1.165) is 16.3 Å². The second-order valence-electron chi connectivity index (χ2n) is 5.31. The van der Waals surface area contributed by atoms with Gasteiger partial charge in [0, 0.05) is 18.4 Å². The van der Waals surface area contributed by atoms with Gasteiger partial charge in [-0.15, -0.1) is 0 Å². The van der Waals surface area contributed by atoms with Crippen LogP contribution >= 0.6 is 0 Å². The van der Waals surface area contributed by atoms with E-state index >= 15 is 0 Å². The second-order valence-corrected chi connectivity index (χ2v) is 5.31. The van der Waals surface area contributed by atoms with Crippen molar-refractivity contribution in [1.29, 1.82) is 0 Å². The number of ether oxygens (including phenoxy) is 1. The largest absolute Gasteiger partial charge is 0.496 e. The van der Waals surface area contributed by atoms with Crippen molar-refractivity contribution in [3.63, 3.8) is 0 Å². The number of rotatable bonds is 3. The molecule has 0 aromatic heterocycles. The number of hydrogen-bond acceptors (Lipinski definition) is 3. The number of carboxylic acid groups (broad SMARTS) is 2. The molecule has 0 amide bonds. The Morgan fingerprint density at radius 3 is 2.43 bits per heavy atom. The van der Waals surface area contributed by atoms with Crippen molar-refractivity contribution >= 4 is 22.7 Å². The Morgan fingerprint density at radius 1 is 1.10 bits per heavy atom. The molecule has 0 bridgehead atoms. The summed E-state index contributed by atoms with van der Waals surface area (Å²) in [4.78, 5) is 23.2. The zero-order valence-electron chi connectivity index (χ0n) is 11.4. The highest BCUT2D eigenvalue weighted by Gasteiger charge is 2.50. The first kappa shape index (κ1) is 13.4. The summed E-state index contributed by atoms with van der Waals surface area (Å²) in [6.45, 7) is 0. The number of hydrogen-bond donors (Lipinski definition) is 2. The zero-order chi connectivity index (χ0) is 15.2. The molecule has 1 aliphatic carbocycles. The van der Waals surface area contributed by atoms with Crippen LogP contribution in [0.4, 0.5) is 0 Å². The smallest absolute Gasteiger partial charge is 0.321 e. The van der Waals surface area contributed by atoms with E-state index < -0.39 is 17.4 Å². The summed E-state index contributed by atoms with van der Waals surface area (Å²) >= 11 is 0. The van der Waals surface area contributed by atoms with E-state index in [2.05, 4.69) is 0 Å². The average Bonchev–Trinajstić information content (AvgIpc) is 2.47. The van der Waals surface area contributed by atoms with Crippen LogP contribution in [0.15, 0.2) is 30.3 Å². The third-order valence-electron chi connectivity index (χ3n) is 4.21. The third kappa shape index (κ3) is 1.77. The van der Waals surface area contributed by atoms with Crippen molar-refractivity contribution in [2.45, 2.75) is 12.8 Å². The summed E-state index contributed by atoms with van der Waals surface area (Å²) in [7, 11) is 1.50. The number of carbonyl (C=O) groups is 2. The van der Waals surface area contributed by atoms with Gasteiger partial charge in [-0.3, -0.25) is 9.59 Å². The first-order chi connectivity index (χ1) is 9.99. The van der Waals surface area contributed by atoms with Gasteiger partial charge in [-0.05, 0) is 22.4 Å². The van der Waals surface area contributed by atoms with E-state index in [-0.39, 0.29) is 12.8 Å². The molecule has 0 aliphatic heterocycles. The highest BCUT2D eigenvalue weighted by molar-refractivity contribution is 6.03. The summed E-state index contributed by atoms with van der Waals surface area (Å²) in [6.07, 6.45) is -0.0929. The minimum absolute atomic E-state index is 0.0187. The molecule has 1 aliphatic rings. The minimum atomic E-state index is -1.84. The van der Waals surface area contributed by atoms with Crippen molar-refractivity contribution in [3.8, 4) is 5.75 Å². The molecular weight excluding hydrogens is 272 g/mol. The van der Waals surface area contributed by atoms with Crippen molar-refractivity contribution in [1.82, 2.24) is 0 Å². The Bertz CT molecular complexity index is 749. The molecule has 0 heterocycles. The molecule has 2 N–H and O–H groups in total. The number of carboxylic acids is 2. The van der Waals surface area contributed by atoms with Crippen LogP contribution in [0.5, 0.6) is 5.75 Å². The van der Waals surface area contributed by atoms with E-state index in [1.54, 1.807) is 12.1 Å². The number of methoxy groups -OCH3 is 1. The summed E-state index contributed by atoms with van der Waals surface area (Å²) in [6, 6.07) is 9.17. The summed E-state index contributed by atoms with van der Waals surface area (Å²) in [5.41, 5.74) is -0.449. The molecule has 0 spiro atoms. The summed E-state index contributed by atoms with van der Waals surface area (Å²) in [5, 5.41) is 20.8. The normalized spacial score (nSPS) is 15.7. The minimum Gasteiger partial charge on any atom is -0.496 e. The van der Waals surface area contributed by atoms with Gasteiger partial charge in [-0.1, -0.05) is 24.3 Å². The van der Waals surface area contributed by atoms with Gasteiger partial charge in [0.1, 0.15) is 5.75 Å². The molecule has 0 saturated heterocycles. The first-order valence-electron chi connectivity index (χ1n) is 6.54.